The first-order chi connectivity index (χ1) is 8.75. The molecule has 18 heavy (non-hydrogen) atoms. The molecule has 2 aromatic rings. The summed E-state index contributed by atoms with van der Waals surface area (Å²) >= 11 is 0. The van der Waals surface area contributed by atoms with Crippen molar-refractivity contribution in [1.82, 2.24) is 5.16 Å². The number of nitrogens with zero attached hydrogens (tertiary/aromatic N) is 1. The number of carbonyl (C=O) groups excluding carboxylic acids is 1. The van der Waals surface area contributed by atoms with E-state index in [2.05, 4.69) is 15.0 Å². The van der Waals surface area contributed by atoms with Gasteiger partial charge in [-0.3, -0.25) is 4.79 Å². The first-order valence-electron chi connectivity index (χ1n) is 5.76. The molecule has 1 atom stereocenters. The summed E-state index contributed by atoms with van der Waals surface area (Å²) in [6, 6.07) is 10.9. The zero-order valence-electron chi connectivity index (χ0n) is 9.87. The van der Waals surface area contributed by atoms with Crippen LogP contribution in [0.1, 0.15) is 12.0 Å². The molecule has 5 nitrogen and oxygen atoms in total. The Labute approximate surface area is 105 Å². The van der Waals surface area contributed by atoms with Gasteiger partial charge in [0, 0.05) is 6.07 Å². The molecule has 3 N–H and O–H groups in total. The smallest absolute Gasteiger partial charge is 0.242 e. The Hall–Kier alpha value is -2.14. The lowest BCUT2D eigenvalue weighted by atomic mass is 10.1. The van der Waals surface area contributed by atoms with Gasteiger partial charge in [-0.05, 0) is 18.4 Å². The van der Waals surface area contributed by atoms with Crippen LogP contribution in [0.15, 0.2) is 47.2 Å². The number of nitrogens with two attached hydrogens (primary N) is 1. The zero-order valence-corrected chi connectivity index (χ0v) is 9.87. The molecule has 5 heteroatoms. The van der Waals surface area contributed by atoms with E-state index in [9.17, 15) is 4.79 Å². The van der Waals surface area contributed by atoms with Crippen molar-refractivity contribution in [2.24, 2.45) is 5.73 Å². The highest BCUT2D eigenvalue weighted by atomic mass is 16.5. The van der Waals surface area contributed by atoms with E-state index in [1.54, 1.807) is 6.07 Å². The monoisotopic (exact) mass is 245 g/mol. The number of rotatable bonds is 5. The summed E-state index contributed by atoms with van der Waals surface area (Å²) in [7, 11) is 0. The lowest BCUT2D eigenvalue weighted by Crippen LogP contribution is -2.36. The van der Waals surface area contributed by atoms with Crippen molar-refractivity contribution >= 4 is 11.7 Å². The molecule has 94 valence electrons. The maximum absolute atomic E-state index is 11.7. The molecule has 0 bridgehead atoms. The fourth-order valence-corrected chi connectivity index (χ4v) is 1.59. The molecule has 0 saturated carbocycles. The van der Waals surface area contributed by atoms with Gasteiger partial charge >= 0.3 is 0 Å². The van der Waals surface area contributed by atoms with Gasteiger partial charge in [0.25, 0.3) is 0 Å². The lowest BCUT2D eigenvalue weighted by Gasteiger charge is -2.10. The van der Waals surface area contributed by atoms with Gasteiger partial charge in [-0.2, -0.15) is 0 Å². The molecular formula is C13H15N3O2. The zero-order chi connectivity index (χ0) is 12.8. The predicted octanol–water partition coefficient (Wildman–Crippen LogP) is 1.57. The van der Waals surface area contributed by atoms with E-state index in [1.807, 2.05) is 30.3 Å². The third-order valence-corrected chi connectivity index (χ3v) is 2.61. The second-order valence-electron chi connectivity index (χ2n) is 4.00. The third-order valence-electron chi connectivity index (χ3n) is 2.61. The number of aryl methyl sites for hydroxylation is 1. The van der Waals surface area contributed by atoms with E-state index in [1.165, 1.54) is 11.8 Å². The Kier molecular flexibility index (Phi) is 4.09. The summed E-state index contributed by atoms with van der Waals surface area (Å²) in [4.78, 5) is 11.7. The summed E-state index contributed by atoms with van der Waals surface area (Å²) < 4.78 is 4.62. The summed E-state index contributed by atoms with van der Waals surface area (Å²) in [6.07, 6.45) is 2.76. The predicted molar refractivity (Wildman–Crippen MR) is 67.9 cm³/mol. The second-order valence-corrected chi connectivity index (χ2v) is 4.00. The van der Waals surface area contributed by atoms with Gasteiger partial charge in [-0.15, -0.1) is 0 Å². The molecule has 2 rings (SSSR count). The lowest BCUT2D eigenvalue weighted by molar-refractivity contribution is -0.117. The fourth-order valence-electron chi connectivity index (χ4n) is 1.59. The molecule has 1 amide bonds. The van der Waals surface area contributed by atoms with Crippen molar-refractivity contribution < 1.29 is 9.32 Å². The number of carbonyl (C=O) groups is 1. The number of aromatic nitrogens is 1. The number of hydrogen-bond donors (Lipinski definition) is 2. The molecule has 1 aromatic carbocycles. The van der Waals surface area contributed by atoms with Gasteiger partial charge in [0.05, 0.1) is 6.04 Å². The molecule has 0 aliphatic rings. The Bertz CT molecular complexity index is 482. The molecule has 1 aromatic heterocycles. The Morgan fingerprint density at radius 1 is 1.33 bits per heavy atom. The molecule has 0 spiro atoms. The van der Waals surface area contributed by atoms with Crippen LogP contribution < -0.4 is 11.1 Å². The normalized spacial score (nSPS) is 12.1. The topological polar surface area (TPSA) is 81.2 Å². The minimum Gasteiger partial charge on any atom is -0.363 e. The summed E-state index contributed by atoms with van der Waals surface area (Å²) in [5.74, 6) is 0.134. The van der Waals surface area contributed by atoms with Crippen LogP contribution >= 0.6 is 0 Å². The number of anilines is 1. The minimum atomic E-state index is -0.554. The van der Waals surface area contributed by atoms with Crippen molar-refractivity contribution in [3.63, 3.8) is 0 Å². The summed E-state index contributed by atoms with van der Waals surface area (Å²) in [5.41, 5.74) is 6.98. The number of hydrogen-bond acceptors (Lipinski definition) is 4. The molecule has 0 aliphatic carbocycles. The van der Waals surface area contributed by atoms with Crippen LogP contribution in [-0.4, -0.2) is 17.1 Å². The van der Waals surface area contributed by atoms with Crippen LogP contribution in [0.3, 0.4) is 0 Å². The quantitative estimate of drug-likeness (QED) is 0.837. The summed E-state index contributed by atoms with van der Waals surface area (Å²) in [5, 5.41) is 6.18. The first-order valence-corrected chi connectivity index (χ1v) is 5.76. The fraction of sp³-hybridized carbons (Fsp3) is 0.231. The maximum atomic E-state index is 11.7. The van der Waals surface area contributed by atoms with E-state index in [0.717, 1.165) is 6.42 Å². The van der Waals surface area contributed by atoms with Gasteiger partial charge < -0.3 is 15.6 Å². The van der Waals surface area contributed by atoms with Crippen molar-refractivity contribution in [3.05, 3.63) is 48.2 Å². The van der Waals surface area contributed by atoms with Crippen LogP contribution in [0.2, 0.25) is 0 Å². The van der Waals surface area contributed by atoms with Crippen LogP contribution in [0.4, 0.5) is 5.82 Å². The number of nitrogens with one attached hydrogen (secondary N) is 1. The average molecular weight is 245 g/mol. The molecule has 0 fully saturated rings. The van der Waals surface area contributed by atoms with Gasteiger partial charge in [-0.1, -0.05) is 35.5 Å². The van der Waals surface area contributed by atoms with E-state index < -0.39 is 6.04 Å². The molecule has 0 saturated heterocycles. The largest absolute Gasteiger partial charge is 0.363 e. The van der Waals surface area contributed by atoms with E-state index in [4.69, 9.17) is 5.73 Å². The molecular weight excluding hydrogens is 230 g/mol. The highest BCUT2D eigenvalue weighted by molar-refractivity contribution is 5.93. The van der Waals surface area contributed by atoms with Crippen molar-refractivity contribution in [2.75, 3.05) is 5.32 Å². The van der Waals surface area contributed by atoms with Crippen molar-refractivity contribution in [2.45, 2.75) is 18.9 Å². The van der Waals surface area contributed by atoms with Gasteiger partial charge in [0.2, 0.25) is 5.91 Å². The van der Waals surface area contributed by atoms with Crippen LogP contribution in [0.5, 0.6) is 0 Å². The Morgan fingerprint density at radius 3 is 2.78 bits per heavy atom. The van der Waals surface area contributed by atoms with Gasteiger partial charge in [0.1, 0.15) is 6.26 Å². The Morgan fingerprint density at radius 2 is 2.11 bits per heavy atom. The molecule has 0 aliphatic heterocycles. The van der Waals surface area contributed by atoms with Gasteiger partial charge in [0.15, 0.2) is 5.82 Å². The SMILES string of the molecule is N[C@@H](CCc1ccccc1)C(=O)Nc1ccon1. The second kappa shape index (κ2) is 5.97. The highest BCUT2D eigenvalue weighted by Crippen LogP contribution is 2.06. The molecule has 0 unspecified atom stereocenters. The Balaban J connectivity index is 1.81. The van der Waals surface area contributed by atoms with Gasteiger partial charge in [-0.25, -0.2) is 0 Å². The van der Waals surface area contributed by atoms with Crippen LogP contribution in [0.25, 0.3) is 0 Å². The molecule has 1 heterocycles. The van der Waals surface area contributed by atoms with Crippen LogP contribution in [-0.2, 0) is 11.2 Å². The standard InChI is InChI=1S/C13H15N3O2/c14-11(7-6-10-4-2-1-3-5-10)13(17)15-12-8-9-18-16-12/h1-5,8-9,11H,6-7,14H2,(H,15,16,17)/t11-/m0/s1. The van der Waals surface area contributed by atoms with E-state index in [0.29, 0.717) is 12.2 Å². The summed E-state index contributed by atoms with van der Waals surface area (Å²) in [6.45, 7) is 0. The average Bonchev–Trinajstić information content (AvgIpc) is 2.90. The third kappa shape index (κ3) is 3.43. The van der Waals surface area contributed by atoms with Crippen molar-refractivity contribution in [3.8, 4) is 0 Å². The number of benzene rings is 1. The van der Waals surface area contributed by atoms with E-state index in [-0.39, 0.29) is 5.91 Å². The maximum Gasteiger partial charge on any atom is 0.242 e. The van der Waals surface area contributed by atoms with Crippen LogP contribution in [0, 0.1) is 0 Å². The van der Waals surface area contributed by atoms with E-state index >= 15 is 0 Å². The minimum absolute atomic E-state index is 0.250. The highest BCUT2D eigenvalue weighted by Gasteiger charge is 2.14. The number of amides is 1. The van der Waals surface area contributed by atoms with Crippen molar-refractivity contribution in [1.29, 1.82) is 0 Å². The first kappa shape index (κ1) is 12.3. The molecule has 0 radical (unpaired) electrons.